The van der Waals surface area contributed by atoms with Crippen molar-refractivity contribution in [3.63, 3.8) is 0 Å². The molecule has 1 fully saturated rings. The van der Waals surface area contributed by atoms with E-state index in [9.17, 15) is 19.2 Å². The van der Waals surface area contributed by atoms with E-state index in [0.717, 1.165) is 4.90 Å². The van der Waals surface area contributed by atoms with Crippen molar-refractivity contribution < 1.29 is 23.9 Å². The third kappa shape index (κ3) is 2.28. The van der Waals surface area contributed by atoms with Crippen LogP contribution >= 0.6 is 0 Å². The highest BCUT2D eigenvalue weighted by atomic mass is 16.5. The molecule has 1 aromatic carbocycles. The van der Waals surface area contributed by atoms with Crippen LogP contribution in [0.2, 0.25) is 0 Å². The van der Waals surface area contributed by atoms with E-state index in [1.54, 1.807) is 38.1 Å². The van der Waals surface area contributed by atoms with Gasteiger partial charge in [0, 0.05) is 0 Å². The van der Waals surface area contributed by atoms with Gasteiger partial charge in [0.2, 0.25) is 5.91 Å². The molecule has 3 rings (SSSR count). The fourth-order valence-electron chi connectivity index (χ4n) is 2.84. The third-order valence-corrected chi connectivity index (χ3v) is 4.19. The molecule has 2 aliphatic rings. The van der Waals surface area contributed by atoms with Gasteiger partial charge in [0.25, 0.3) is 11.8 Å². The molecule has 1 saturated heterocycles. The molecule has 23 heavy (non-hydrogen) atoms. The Bertz CT molecular complexity index is 690. The smallest absolute Gasteiger partial charge is 0.331 e. The van der Waals surface area contributed by atoms with Crippen molar-refractivity contribution in [2.75, 3.05) is 19.7 Å². The summed E-state index contributed by atoms with van der Waals surface area (Å²) in [4.78, 5) is 51.2. The number of nitrogens with zero attached hydrogens (tertiary/aromatic N) is 2. The first-order chi connectivity index (χ1) is 10.8. The highest BCUT2D eigenvalue weighted by molar-refractivity contribution is 6.22. The second-order valence-electron chi connectivity index (χ2n) is 5.98. The van der Waals surface area contributed by atoms with Gasteiger partial charge in [-0.1, -0.05) is 12.1 Å². The lowest BCUT2D eigenvalue weighted by Gasteiger charge is -2.40. The minimum Gasteiger partial charge on any atom is -0.462 e. The Balaban J connectivity index is 1.81. The van der Waals surface area contributed by atoms with Gasteiger partial charge in [0.15, 0.2) is 0 Å². The lowest BCUT2D eigenvalue weighted by Crippen LogP contribution is -2.60. The maximum atomic E-state index is 12.5. The summed E-state index contributed by atoms with van der Waals surface area (Å²) in [6, 6.07) is 6.45. The Labute approximate surface area is 132 Å². The van der Waals surface area contributed by atoms with Crippen LogP contribution < -0.4 is 0 Å². The van der Waals surface area contributed by atoms with Gasteiger partial charge in [-0.2, -0.15) is 0 Å². The van der Waals surface area contributed by atoms with Crippen molar-refractivity contribution in [2.45, 2.75) is 19.4 Å². The van der Waals surface area contributed by atoms with E-state index in [1.165, 1.54) is 4.90 Å². The first kappa shape index (κ1) is 15.2. The molecule has 120 valence electrons. The largest absolute Gasteiger partial charge is 0.462 e. The maximum Gasteiger partial charge on any atom is 0.331 e. The van der Waals surface area contributed by atoms with Gasteiger partial charge >= 0.3 is 5.97 Å². The zero-order chi connectivity index (χ0) is 16.8. The van der Waals surface area contributed by atoms with Gasteiger partial charge in [-0.15, -0.1) is 0 Å². The second-order valence-corrected chi connectivity index (χ2v) is 5.98. The number of benzene rings is 1. The van der Waals surface area contributed by atoms with Crippen LogP contribution in [0.25, 0.3) is 0 Å². The second kappa shape index (κ2) is 5.19. The molecule has 0 aromatic heterocycles. The highest BCUT2D eigenvalue weighted by Crippen LogP contribution is 2.24. The number of carbonyl (C=O) groups is 4. The molecule has 0 spiro atoms. The lowest BCUT2D eigenvalue weighted by molar-refractivity contribution is -0.171. The van der Waals surface area contributed by atoms with Crippen LogP contribution in [0.4, 0.5) is 0 Å². The van der Waals surface area contributed by atoms with E-state index in [1.807, 2.05) is 0 Å². The van der Waals surface area contributed by atoms with E-state index in [0.29, 0.717) is 11.1 Å². The van der Waals surface area contributed by atoms with Gasteiger partial charge < -0.3 is 9.64 Å². The van der Waals surface area contributed by atoms with Crippen LogP contribution in [0, 0.1) is 0 Å². The van der Waals surface area contributed by atoms with E-state index >= 15 is 0 Å². The number of ether oxygens (including phenoxy) is 1. The zero-order valence-electron chi connectivity index (χ0n) is 12.9. The van der Waals surface area contributed by atoms with Crippen LogP contribution in [0.5, 0.6) is 0 Å². The number of esters is 1. The summed E-state index contributed by atoms with van der Waals surface area (Å²) in [5, 5.41) is 0. The van der Waals surface area contributed by atoms with Crippen LogP contribution in [0.3, 0.4) is 0 Å². The topological polar surface area (TPSA) is 84.0 Å². The molecule has 7 nitrogen and oxygen atoms in total. The molecule has 0 unspecified atom stereocenters. The summed E-state index contributed by atoms with van der Waals surface area (Å²) in [7, 11) is 0. The Hall–Kier alpha value is -2.70. The molecule has 2 heterocycles. The minimum atomic E-state index is -1.12. The Morgan fingerprint density at radius 2 is 1.70 bits per heavy atom. The van der Waals surface area contributed by atoms with Crippen LogP contribution in [-0.4, -0.2) is 58.7 Å². The fourth-order valence-corrected chi connectivity index (χ4v) is 2.84. The number of imide groups is 1. The molecule has 0 aliphatic carbocycles. The summed E-state index contributed by atoms with van der Waals surface area (Å²) in [6.45, 7) is 3.11. The molecular formula is C16H16N2O5. The number of amides is 3. The number of fused-ring (bicyclic) bond motifs is 1. The first-order valence-electron chi connectivity index (χ1n) is 7.27. The Morgan fingerprint density at radius 3 is 2.26 bits per heavy atom. The minimum absolute atomic E-state index is 0.107. The highest BCUT2D eigenvalue weighted by Gasteiger charge is 2.44. The van der Waals surface area contributed by atoms with Crippen molar-refractivity contribution in [2.24, 2.45) is 0 Å². The van der Waals surface area contributed by atoms with Crippen molar-refractivity contribution in [3.05, 3.63) is 35.4 Å². The standard InChI is InChI=1S/C16H16N2O5/c1-16(2)15(22)23-8-7-18(16)12(19)9-17-13(20)10-5-3-4-6-11(10)14(17)21/h3-6H,7-9H2,1-2H3. The normalized spacial score (nSPS) is 19.7. The number of rotatable bonds is 2. The summed E-state index contributed by atoms with van der Waals surface area (Å²) < 4.78 is 4.96. The van der Waals surface area contributed by atoms with Crippen LogP contribution in [0.15, 0.2) is 24.3 Å². The molecule has 1 aromatic rings. The number of morpholine rings is 1. The molecule has 0 radical (unpaired) electrons. The van der Waals surface area contributed by atoms with Gasteiger partial charge in [-0.25, -0.2) is 4.79 Å². The fraction of sp³-hybridized carbons (Fsp3) is 0.375. The van der Waals surface area contributed by atoms with Gasteiger partial charge in [-0.05, 0) is 26.0 Å². The van der Waals surface area contributed by atoms with Crippen LogP contribution in [0.1, 0.15) is 34.6 Å². The molecular weight excluding hydrogens is 300 g/mol. The lowest BCUT2D eigenvalue weighted by atomic mass is 10.0. The summed E-state index contributed by atoms with van der Waals surface area (Å²) in [6.07, 6.45) is 0. The molecule has 0 atom stereocenters. The Morgan fingerprint density at radius 1 is 1.13 bits per heavy atom. The number of cyclic esters (lactones) is 1. The summed E-state index contributed by atoms with van der Waals surface area (Å²) >= 11 is 0. The average Bonchev–Trinajstić information content (AvgIpc) is 2.75. The summed E-state index contributed by atoms with van der Waals surface area (Å²) in [5.74, 6) is -1.94. The summed E-state index contributed by atoms with van der Waals surface area (Å²) in [5.41, 5.74) is -0.529. The quantitative estimate of drug-likeness (QED) is 0.584. The monoisotopic (exact) mass is 316 g/mol. The molecule has 2 aliphatic heterocycles. The predicted molar refractivity (Wildman–Crippen MR) is 78.6 cm³/mol. The molecule has 0 saturated carbocycles. The van der Waals surface area contributed by atoms with Gasteiger partial charge in [0.1, 0.15) is 18.7 Å². The zero-order valence-corrected chi connectivity index (χ0v) is 12.9. The number of hydrogen-bond donors (Lipinski definition) is 0. The van der Waals surface area contributed by atoms with E-state index < -0.39 is 29.2 Å². The molecule has 0 N–H and O–H groups in total. The van der Waals surface area contributed by atoms with Gasteiger partial charge in [-0.3, -0.25) is 19.3 Å². The van der Waals surface area contributed by atoms with Crippen LogP contribution in [-0.2, 0) is 14.3 Å². The van der Waals surface area contributed by atoms with E-state index in [2.05, 4.69) is 0 Å². The molecule has 0 bridgehead atoms. The van der Waals surface area contributed by atoms with Crippen molar-refractivity contribution in [1.29, 1.82) is 0 Å². The number of carbonyl (C=O) groups excluding carboxylic acids is 4. The van der Waals surface area contributed by atoms with Gasteiger partial charge in [0.05, 0.1) is 17.7 Å². The SMILES string of the molecule is CC1(C)C(=O)OCCN1C(=O)CN1C(=O)c2ccccc2C1=O. The van der Waals surface area contributed by atoms with Crippen molar-refractivity contribution in [3.8, 4) is 0 Å². The Kier molecular flexibility index (Phi) is 3.43. The van der Waals surface area contributed by atoms with Crippen molar-refractivity contribution in [1.82, 2.24) is 9.80 Å². The maximum absolute atomic E-state index is 12.5. The predicted octanol–water partition coefficient (Wildman–Crippen LogP) is 0.447. The molecule has 3 amide bonds. The molecule has 7 heteroatoms. The van der Waals surface area contributed by atoms with Crippen molar-refractivity contribution >= 4 is 23.7 Å². The average molecular weight is 316 g/mol. The third-order valence-electron chi connectivity index (χ3n) is 4.19. The van der Waals surface area contributed by atoms with E-state index in [-0.39, 0.29) is 19.7 Å². The van der Waals surface area contributed by atoms with E-state index in [4.69, 9.17) is 4.74 Å². The number of hydrogen-bond acceptors (Lipinski definition) is 5. The first-order valence-corrected chi connectivity index (χ1v) is 7.27.